The van der Waals surface area contributed by atoms with Crippen molar-refractivity contribution in [2.24, 2.45) is 5.73 Å². The van der Waals surface area contributed by atoms with Gasteiger partial charge in [0.15, 0.2) is 5.76 Å². The lowest BCUT2D eigenvalue weighted by molar-refractivity contribution is 0.0681. The van der Waals surface area contributed by atoms with Crippen LogP contribution in [0.4, 0.5) is 0 Å². The molecular formula is C21H21ClN2O3. The molecule has 1 amide bonds. The molecule has 0 spiro atoms. The lowest BCUT2D eigenvalue weighted by atomic mass is 10.1. The van der Waals surface area contributed by atoms with Crippen LogP contribution in [0.15, 0.2) is 52.9 Å². The first-order valence-corrected chi connectivity index (χ1v) is 9.44. The number of piperidine rings is 1. The Hall–Kier alpha value is -2.50. The average Bonchev–Trinajstić information content (AvgIpc) is 3.06. The van der Waals surface area contributed by atoms with Gasteiger partial charge in [0, 0.05) is 30.1 Å². The van der Waals surface area contributed by atoms with E-state index in [0.29, 0.717) is 35.2 Å². The normalized spacial score (nSPS) is 15.3. The number of fused-ring (bicyclic) bond motifs is 1. The van der Waals surface area contributed by atoms with E-state index in [4.69, 9.17) is 26.5 Å². The van der Waals surface area contributed by atoms with E-state index in [1.807, 2.05) is 36.4 Å². The molecule has 0 saturated carbocycles. The number of rotatable bonds is 4. The van der Waals surface area contributed by atoms with Crippen molar-refractivity contribution in [2.45, 2.75) is 25.5 Å². The maximum Gasteiger partial charge on any atom is 0.290 e. The molecule has 1 aliphatic heterocycles. The molecule has 27 heavy (non-hydrogen) atoms. The van der Waals surface area contributed by atoms with Crippen LogP contribution in [-0.2, 0) is 6.61 Å². The van der Waals surface area contributed by atoms with Crippen LogP contribution in [0.25, 0.3) is 11.0 Å². The molecule has 1 aromatic heterocycles. The number of nitrogens with zero attached hydrogens (tertiary/aromatic N) is 1. The summed E-state index contributed by atoms with van der Waals surface area (Å²) in [5.41, 5.74) is 7.37. The number of likely N-dealkylation sites (tertiary alicyclic amines) is 1. The summed E-state index contributed by atoms with van der Waals surface area (Å²) in [6, 6.07) is 15.0. The standard InChI is InChI=1S/C21H21ClN2O3/c22-17-6-2-4-8-19(17)26-13-16-15-5-1-3-7-18(15)27-20(16)21(25)24-11-9-14(23)10-12-24/h1-8,14H,9-13,23H2. The fourth-order valence-electron chi connectivity index (χ4n) is 3.37. The van der Waals surface area contributed by atoms with Gasteiger partial charge in [-0.25, -0.2) is 0 Å². The Morgan fingerprint density at radius 2 is 1.85 bits per heavy atom. The highest BCUT2D eigenvalue weighted by atomic mass is 35.5. The predicted octanol–water partition coefficient (Wildman–Crippen LogP) is 4.23. The minimum atomic E-state index is -0.115. The molecule has 140 valence electrons. The number of halogens is 1. The Labute approximate surface area is 162 Å². The molecule has 0 aliphatic carbocycles. The van der Waals surface area contributed by atoms with Gasteiger partial charge < -0.3 is 19.8 Å². The van der Waals surface area contributed by atoms with Crippen LogP contribution in [-0.4, -0.2) is 29.9 Å². The number of hydrogen-bond acceptors (Lipinski definition) is 4. The molecule has 4 rings (SSSR count). The zero-order valence-corrected chi connectivity index (χ0v) is 15.6. The van der Waals surface area contributed by atoms with Gasteiger partial charge in [0.1, 0.15) is 17.9 Å². The number of carbonyl (C=O) groups is 1. The van der Waals surface area contributed by atoms with Gasteiger partial charge in [-0.2, -0.15) is 0 Å². The van der Waals surface area contributed by atoms with Crippen molar-refractivity contribution in [3.63, 3.8) is 0 Å². The molecular weight excluding hydrogens is 364 g/mol. The largest absolute Gasteiger partial charge is 0.487 e. The number of ether oxygens (including phenoxy) is 1. The van der Waals surface area contributed by atoms with Crippen molar-refractivity contribution in [2.75, 3.05) is 13.1 Å². The number of carbonyl (C=O) groups excluding carboxylic acids is 1. The van der Waals surface area contributed by atoms with E-state index >= 15 is 0 Å². The molecule has 2 heterocycles. The summed E-state index contributed by atoms with van der Waals surface area (Å²) in [4.78, 5) is 14.9. The van der Waals surface area contributed by atoms with E-state index < -0.39 is 0 Å². The first kappa shape index (κ1) is 17.9. The summed E-state index contributed by atoms with van der Waals surface area (Å²) >= 11 is 6.18. The van der Waals surface area contributed by atoms with Gasteiger partial charge in [0.25, 0.3) is 5.91 Å². The van der Waals surface area contributed by atoms with Crippen molar-refractivity contribution >= 4 is 28.5 Å². The second-order valence-electron chi connectivity index (χ2n) is 6.75. The molecule has 3 aromatic rings. The van der Waals surface area contributed by atoms with Crippen molar-refractivity contribution in [3.8, 4) is 5.75 Å². The second-order valence-corrected chi connectivity index (χ2v) is 7.16. The van der Waals surface area contributed by atoms with E-state index in [9.17, 15) is 4.79 Å². The lowest BCUT2D eigenvalue weighted by Crippen LogP contribution is -2.43. The van der Waals surface area contributed by atoms with E-state index in [-0.39, 0.29) is 18.6 Å². The summed E-state index contributed by atoms with van der Waals surface area (Å²) in [5.74, 6) is 0.793. The second kappa shape index (κ2) is 7.62. The summed E-state index contributed by atoms with van der Waals surface area (Å²) in [7, 11) is 0. The van der Waals surface area contributed by atoms with Crippen LogP contribution in [0, 0.1) is 0 Å². The number of furan rings is 1. The fourth-order valence-corrected chi connectivity index (χ4v) is 3.56. The Balaban J connectivity index is 1.65. The number of nitrogens with two attached hydrogens (primary N) is 1. The predicted molar refractivity (Wildman–Crippen MR) is 105 cm³/mol. The van der Waals surface area contributed by atoms with Gasteiger partial charge >= 0.3 is 0 Å². The van der Waals surface area contributed by atoms with E-state index in [1.165, 1.54) is 0 Å². The Bertz CT molecular complexity index is 961. The van der Waals surface area contributed by atoms with Crippen LogP contribution < -0.4 is 10.5 Å². The molecule has 2 N–H and O–H groups in total. The van der Waals surface area contributed by atoms with E-state index in [1.54, 1.807) is 17.0 Å². The smallest absolute Gasteiger partial charge is 0.290 e. The van der Waals surface area contributed by atoms with Gasteiger partial charge in [-0.1, -0.05) is 41.9 Å². The fraction of sp³-hybridized carbons (Fsp3) is 0.286. The molecule has 1 aliphatic rings. The first-order chi connectivity index (χ1) is 13.1. The third kappa shape index (κ3) is 3.66. The van der Waals surface area contributed by atoms with Gasteiger partial charge in [-0.05, 0) is 31.0 Å². The molecule has 1 fully saturated rings. The van der Waals surface area contributed by atoms with Crippen LogP contribution in [0.5, 0.6) is 5.75 Å². The Morgan fingerprint density at radius 3 is 2.63 bits per heavy atom. The zero-order chi connectivity index (χ0) is 18.8. The van der Waals surface area contributed by atoms with Crippen molar-refractivity contribution < 1.29 is 13.9 Å². The molecule has 1 saturated heterocycles. The first-order valence-electron chi connectivity index (χ1n) is 9.06. The van der Waals surface area contributed by atoms with Gasteiger partial charge in [0.05, 0.1) is 5.02 Å². The van der Waals surface area contributed by atoms with Gasteiger partial charge in [0.2, 0.25) is 0 Å². The van der Waals surface area contributed by atoms with Gasteiger partial charge in [-0.3, -0.25) is 4.79 Å². The number of amides is 1. The third-order valence-electron chi connectivity index (χ3n) is 4.93. The summed E-state index contributed by atoms with van der Waals surface area (Å²) in [6.45, 7) is 1.49. The van der Waals surface area contributed by atoms with E-state index in [0.717, 1.165) is 23.8 Å². The Morgan fingerprint density at radius 1 is 1.15 bits per heavy atom. The topological polar surface area (TPSA) is 68.7 Å². The number of hydrogen-bond donors (Lipinski definition) is 1. The minimum Gasteiger partial charge on any atom is -0.487 e. The van der Waals surface area contributed by atoms with Crippen molar-refractivity contribution in [1.29, 1.82) is 0 Å². The monoisotopic (exact) mass is 384 g/mol. The molecule has 6 heteroatoms. The molecule has 0 bridgehead atoms. The molecule has 0 atom stereocenters. The van der Waals surface area contributed by atoms with Crippen molar-refractivity contribution in [3.05, 3.63) is 64.9 Å². The third-order valence-corrected chi connectivity index (χ3v) is 5.24. The summed E-state index contributed by atoms with van der Waals surface area (Å²) in [5, 5.41) is 1.41. The van der Waals surface area contributed by atoms with Crippen LogP contribution >= 0.6 is 11.6 Å². The van der Waals surface area contributed by atoms with Crippen LogP contribution in [0.3, 0.4) is 0 Å². The number of para-hydroxylation sites is 2. The Kier molecular flexibility index (Phi) is 5.05. The van der Waals surface area contributed by atoms with Gasteiger partial charge in [-0.15, -0.1) is 0 Å². The molecule has 0 radical (unpaired) electrons. The minimum absolute atomic E-state index is 0.115. The van der Waals surface area contributed by atoms with E-state index in [2.05, 4.69) is 0 Å². The maximum atomic E-state index is 13.1. The summed E-state index contributed by atoms with van der Waals surface area (Å²) < 4.78 is 11.8. The SMILES string of the molecule is NC1CCN(C(=O)c2oc3ccccc3c2COc2ccccc2Cl)CC1. The molecule has 5 nitrogen and oxygen atoms in total. The zero-order valence-electron chi connectivity index (χ0n) is 14.9. The summed E-state index contributed by atoms with van der Waals surface area (Å²) in [6.07, 6.45) is 1.61. The molecule has 2 aromatic carbocycles. The highest BCUT2D eigenvalue weighted by Gasteiger charge is 2.28. The van der Waals surface area contributed by atoms with Crippen molar-refractivity contribution in [1.82, 2.24) is 4.90 Å². The number of benzene rings is 2. The van der Waals surface area contributed by atoms with Crippen LogP contribution in [0.1, 0.15) is 29.0 Å². The highest BCUT2D eigenvalue weighted by molar-refractivity contribution is 6.32. The highest BCUT2D eigenvalue weighted by Crippen LogP contribution is 2.30. The maximum absolute atomic E-state index is 13.1. The van der Waals surface area contributed by atoms with Crippen LogP contribution in [0.2, 0.25) is 5.02 Å². The molecule has 0 unspecified atom stereocenters. The quantitative estimate of drug-likeness (QED) is 0.730. The average molecular weight is 385 g/mol. The lowest BCUT2D eigenvalue weighted by Gasteiger charge is -2.29.